The summed E-state index contributed by atoms with van der Waals surface area (Å²) in [5.74, 6) is -1.33. The number of aliphatic carboxylic acids is 1. The van der Waals surface area contributed by atoms with Crippen LogP contribution in [0.2, 0.25) is 0 Å². The van der Waals surface area contributed by atoms with Gasteiger partial charge < -0.3 is 5.11 Å². The lowest BCUT2D eigenvalue weighted by atomic mass is 10.1. The monoisotopic (exact) mass is 196 g/mol. The molecule has 0 fully saturated rings. The van der Waals surface area contributed by atoms with Gasteiger partial charge in [0.25, 0.3) is 0 Å². The Morgan fingerprint density at radius 1 is 1.46 bits per heavy atom. The van der Waals surface area contributed by atoms with Crippen molar-refractivity contribution in [1.82, 2.24) is 0 Å². The lowest BCUT2D eigenvalue weighted by Gasteiger charge is -2.08. The van der Waals surface area contributed by atoms with Gasteiger partial charge in [0, 0.05) is 6.08 Å². The number of allylic oxidation sites excluding steroid dienone is 1. The van der Waals surface area contributed by atoms with E-state index in [1.807, 2.05) is 0 Å². The fourth-order valence-corrected chi connectivity index (χ4v) is 0.965. The largest absolute Gasteiger partial charge is 0.478 e. The number of carbonyl (C=O) groups is 1. The molecule has 0 aromatic rings. The summed E-state index contributed by atoms with van der Waals surface area (Å²) >= 11 is 0. The maximum absolute atomic E-state index is 11.8. The Bertz CT molecular complexity index is 206. The van der Waals surface area contributed by atoms with Gasteiger partial charge in [0.15, 0.2) is 0 Å². The molecule has 0 saturated heterocycles. The standard InChI is InChI=1S/C8H11F3O2/c1-2-3-6(4-7(12)13)5-8(9,10)11/h4H,2-3,5H2,1H3,(H,12,13)/b6-4-. The van der Waals surface area contributed by atoms with Gasteiger partial charge in [0.2, 0.25) is 0 Å². The molecule has 0 saturated carbocycles. The molecule has 0 aliphatic rings. The van der Waals surface area contributed by atoms with Gasteiger partial charge in [-0.1, -0.05) is 18.9 Å². The summed E-state index contributed by atoms with van der Waals surface area (Å²) in [5.41, 5.74) is -0.0810. The average molecular weight is 196 g/mol. The molecule has 0 rings (SSSR count). The molecular weight excluding hydrogens is 185 g/mol. The predicted molar refractivity (Wildman–Crippen MR) is 41.3 cm³/mol. The van der Waals surface area contributed by atoms with Gasteiger partial charge in [0.1, 0.15) is 0 Å². The van der Waals surface area contributed by atoms with E-state index in [0.717, 1.165) is 0 Å². The van der Waals surface area contributed by atoms with Crippen molar-refractivity contribution < 1.29 is 23.1 Å². The number of hydrogen-bond donors (Lipinski definition) is 1. The molecule has 0 aromatic heterocycles. The zero-order valence-electron chi connectivity index (χ0n) is 7.19. The van der Waals surface area contributed by atoms with Crippen LogP contribution in [0.3, 0.4) is 0 Å². The summed E-state index contributed by atoms with van der Waals surface area (Å²) in [6.45, 7) is 1.70. The van der Waals surface area contributed by atoms with Crippen molar-refractivity contribution in [2.45, 2.75) is 32.4 Å². The molecule has 0 bridgehead atoms. The Morgan fingerprint density at radius 2 is 2.00 bits per heavy atom. The number of hydrogen-bond acceptors (Lipinski definition) is 1. The van der Waals surface area contributed by atoms with Crippen LogP contribution < -0.4 is 0 Å². The lowest BCUT2D eigenvalue weighted by Crippen LogP contribution is -2.09. The van der Waals surface area contributed by atoms with Crippen molar-refractivity contribution in [2.24, 2.45) is 0 Å². The van der Waals surface area contributed by atoms with E-state index >= 15 is 0 Å². The summed E-state index contributed by atoms with van der Waals surface area (Å²) in [7, 11) is 0. The second-order valence-corrected chi connectivity index (χ2v) is 2.68. The second kappa shape index (κ2) is 4.89. The van der Waals surface area contributed by atoms with E-state index in [0.29, 0.717) is 12.5 Å². The van der Waals surface area contributed by atoms with E-state index in [9.17, 15) is 18.0 Å². The Hall–Kier alpha value is -1.00. The fraction of sp³-hybridized carbons (Fsp3) is 0.625. The van der Waals surface area contributed by atoms with Crippen molar-refractivity contribution in [2.75, 3.05) is 0 Å². The van der Waals surface area contributed by atoms with Crippen LogP contribution in [0.5, 0.6) is 0 Å². The van der Waals surface area contributed by atoms with E-state index in [1.54, 1.807) is 6.92 Å². The average Bonchev–Trinajstić information content (AvgIpc) is 1.81. The zero-order valence-corrected chi connectivity index (χ0v) is 7.19. The van der Waals surface area contributed by atoms with Crippen molar-refractivity contribution in [1.29, 1.82) is 0 Å². The minimum Gasteiger partial charge on any atom is -0.478 e. The van der Waals surface area contributed by atoms with Crippen molar-refractivity contribution in [3.8, 4) is 0 Å². The molecule has 0 unspecified atom stereocenters. The molecule has 13 heavy (non-hydrogen) atoms. The molecule has 76 valence electrons. The molecule has 0 radical (unpaired) electrons. The summed E-state index contributed by atoms with van der Waals surface area (Å²) < 4.78 is 35.5. The number of carboxylic acids is 1. The molecule has 1 N–H and O–H groups in total. The topological polar surface area (TPSA) is 37.3 Å². The smallest absolute Gasteiger partial charge is 0.392 e. The normalized spacial score (nSPS) is 13.1. The van der Waals surface area contributed by atoms with Crippen LogP contribution in [0.1, 0.15) is 26.2 Å². The SMILES string of the molecule is CCC/C(=C/C(=O)O)CC(F)(F)F. The third-order valence-electron chi connectivity index (χ3n) is 1.33. The van der Waals surface area contributed by atoms with Crippen molar-refractivity contribution in [3.63, 3.8) is 0 Å². The van der Waals surface area contributed by atoms with Gasteiger partial charge in [-0.05, 0) is 6.42 Å². The molecular formula is C8H11F3O2. The molecule has 0 spiro atoms. The van der Waals surface area contributed by atoms with Crippen LogP contribution in [0.4, 0.5) is 13.2 Å². The summed E-state index contributed by atoms with van der Waals surface area (Å²) in [6.07, 6.45) is -4.14. The first-order chi connectivity index (χ1) is 5.85. The molecule has 0 heterocycles. The Morgan fingerprint density at radius 3 is 2.31 bits per heavy atom. The molecule has 0 aromatic carbocycles. The minimum atomic E-state index is -4.32. The first-order valence-electron chi connectivity index (χ1n) is 3.84. The van der Waals surface area contributed by atoms with E-state index in [4.69, 9.17) is 5.11 Å². The third-order valence-corrected chi connectivity index (χ3v) is 1.33. The predicted octanol–water partition coefficient (Wildman–Crippen LogP) is 2.75. The molecule has 0 atom stereocenters. The van der Waals surface area contributed by atoms with E-state index < -0.39 is 18.6 Å². The van der Waals surface area contributed by atoms with Crippen LogP contribution in [0.15, 0.2) is 11.6 Å². The number of halogens is 3. The van der Waals surface area contributed by atoms with Crippen LogP contribution in [0, 0.1) is 0 Å². The first-order valence-corrected chi connectivity index (χ1v) is 3.84. The highest BCUT2D eigenvalue weighted by Crippen LogP contribution is 2.26. The van der Waals surface area contributed by atoms with Crippen LogP contribution in [-0.2, 0) is 4.79 Å². The number of alkyl halides is 3. The Kier molecular flexibility index (Phi) is 4.51. The summed E-state index contributed by atoms with van der Waals surface area (Å²) in [6, 6.07) is 0. The molecule has 0 aliphatic heterocycles. The first kappa shape index (κ1) is 12.0. The van der Waals surface area contributed by atoms with E-state index in [-0.39, 0.29) is 12.0 Å². The maximum Gasteiger partial charge on any atom is 0.392 e. The van der Waals surface area contributed by atoms with Gasteiger partial charge in [-0.3, -0.25) is 0 Å². The van der Waals surface area contributed by atoms with Crippen LogP contribution >= 0.6 is 0 Å². The Balaban J connectivity index is 4.35. The van der Waals surface area contributed by atoms with Crippen molar-refractivity contribution >= 4 is 5.97 Å². The fourth-order valence-electron chi connectivity index (χ4n) is 0.965. The molecule has 5 heteroatoms. The highest BCUT2D eigenvalue weighted by atomic mass is 19.4. The molecule has 2 nitrogen and oxygen atoms in total. The van der Waals surface area contributed by atoms with Gasteiger partial charge >= 0.3 is 12.1 Å². The van der Waals surface area contributed by atoms with Gasteiger partial charge in [0.05, 0.1) is 6.42 Å². The minimum absolute atomic E-state index is 0.0810. The summed E-state index contributed by atoms with van der Waals surface area (Å²) in [4.78, 5) is 10.1. The molecule has 0 aliphatic carbocycles. The van der Waals surface area contributed by atoms with Crippen LogP contribution in [0.25, 0.3) is 0 Å². The Labute approximate surface area is 74.1 Å². The third kappa shape index (κ3) is 7.36. The lowest BCUT2D eigenvalue weighted by molar-refractivity contribution is -0.132. The summed E-state index contributed by atoms with van der Waals surface area (Å²) in [5, 5.41) is 8.26. The van der Waals surface area contributed by atoms with Gasteiger partial charge in [-0.25, -0.2) is 4.79 Å². The molecule has 0 amide bonds. The van der Waals surface area contributed by atoms with E-state index in [1.165, 1.54) is 0 Å². The second-order valence-electron chi connectivity index (χ2n) is 2.68. The highest BCUT2D eigenvalue weighted by Gasteiger charge is 2.28. The maximum atomic E-state index is 11.8. The van der Waals surface area contributed by atoms with Gasteiger partial charge in [-0.2, -0.15) is 13.2 Å². The van der Waals surface area contributed by atoms with Crippen molar-refractivity contribution in [3.05, 3.63) is 11.6 Å². The quantitative estimate of drug-likeness (QED) is 0.702. The number of carboxylic acid groups (broad SMARTS) is 1. The highest BCUT2D eigenvalue weighted by molar-refractivity contribution is 5.80. The number of rotatable bonds is 4. The van der Waals surface area contributed by atoms with Gasteiger partial charge in [-0.15, -0.1) is 0 Å². The zero-order chi connectivity index (χ0) is 10.5. The van der Waals surface area contributed by atoms with Crippen LogP contribution in [-0.4, -0.2) is 17.3 Å². The van der Waals surface area contributed by atoms with E-state index in [2.05, 4.69) is 0 Å².